The fraction of sp³-hybridized carbons (Fsp3) is 0.100. The molecule has 0 radical (unpaired) electrons. The van der Waals surface area contributed by atoms with Gasteiger partial charge in [0.2, 0.25) is 0 Å². The van der Waals surface area contributed by atoms with E-state index in [4.69, 9.17) is 5.73 Å². The van der Waals surface area contributed by atoms with Crippen LogP contribution in [0.3, 0.4) is 0 Å². The number of anilines is 1. The number of benzene rings is 1. The summed E-state index contributed by atoms with van der Waals surface area (Å²) in [4.78, 5) is 16.4. The van der Waals surface area contributed by atoms with Crippen molar-refractivity contribution in [2.75, 3.05) is 5.73 Å². The number of aromatic nitrogens is 4. The van der Waals surface area contributed by atoms with Crippen LogP contribution in [0.1, 0.15) is 11.4 Å². The number of fused-ring (bicyclic) bond motifs is 1. The van der Waals surface area contributed by atoms with Crippen LogP contribution in [0.4, 0.5) is 23.4 Å². The average molecular weight is 399 g/mol. The van der Waals surface area contributed by atoms with Gasteiger partial charge in [-0.2, -0.15) is 13.2 Å². The maximum absolute atomic E-state index is 13.4. The molecule has 5 nitrogen and oxygen atoms in total. The van der Waals surface area contributed by atoms with Crippen LogP contribution in [0.25, 0.3) is 33.4 Å². The molecule has 0 aliphatic carbocycles. The Bertz CT molecular complexity index is 1220. The highest BCUT2D eigenvalue weighted by atomic mass is 19.4. The highest BCUT2D eigenvalue weighted by Crippen LogP contribution is 2.39. The minimum atomic E-state index is -4.63. The summed E-state index contributed by atoms with van der Waals surface area (Å²) in [5, 5.41) is 0. The molecule has 4 rings (SSSR count). The summed E-state index contributed by atoms with van der Waals surface area (Å²) in [5.74, 6) is -0.388. The van der Waals surface area contributed by atoms with Gasteiger partial charge < -0.3 is 5.73 Å². The smallest absolute Gasteiger partial charge is 0.382 e. The summed E-state index contributed by atoms with van der Waals surface area (Å²) in [6.07, 6.45) is -1.79. The highest BCUT2D eigenvalue weighted by Gasteiger charge is 2.33. The van der Waals surface area contributed by atoms with Crippen LogP contribution in [0.2, 0.25) is 0 Å². The van der Waals surface area contributed by atoms with Crippen molar-refractivity contribution in [1.29, 1.82) is 0 Å². The molecule has 1 aromatic carbocycles. The zero-order valence-electron chi connectivity index (χ0n) is 15.0. The van der Waals surface area contributed by atoms with Crippen molar-refractivity contribution < 1.29 is 17.6 Å². The zero-order chi connectivity index (χ0) is 20.8. The van der Waals surface area contributed by atoms with Crippen molar-refractivity contribution in [1.82, 2.24) is 19.9 Å². The van der Waals surface area contributed by atoms with E-state index in [-0.39, 0.29) is 33.8 Å². The number of hydrogen-bond acceptors (Lipinski definition) is 5. The van der Waals surface area contributed by atoms with Crippen molar-refractivity contribution in [2.24, 2.45) is 0 Å². The van der Waals surface area contributed by atoms with Crippen LogP contribution < -0.4 is 5.73 Å². The van der Waals surface area contributed by atoms with Gasteiger partial charge in [0.1, 0.15) is 22.5 Å². The number of rotatable bonds is 2. The number of aryl methyl sites for hydroxylation is 1. The molecule has 9 heteroatoms. The molecule has 2 N–H and O–H groups in total. The largest absolute Gasteiger partial charge is 0.433 e. The molecule has 0 fully saturated rings. The molecule has 0 saturated carbocycles. The Morgan fingerprint density at radius 3 is 2.17 bits per heavy atom. The average Bonchev–Trinajstić information content (AvgIpc) is 2.67. The van der Waals surface area contributed by atoms with Crippen molar-refractivity contribution >= 4 is 16.9 Å². The predicted molar refractivity (Wildman–Crippen MR) is 100 cm³/mol. The van der Waals surface area contributed by atoms with E-state index in [1.807, 2.05) is 0 Å². The zero-order valence-corrected chi connectivity index (χ0v) is 15.0. The maximum Gasteiger partial charge on any atom is 0.433 e. The monoisotopic (exact) mass is 399 g/mol. The van der Waals surface area contributed by atoms with Crippen LogP contribution in [0.5, 0.6) is 0 Å². The Labute approximate surface area is 162 Å². The molecular formula is C20H13F4N5. The van der Waals surface area contributed by atoms with Gasteiger partial charge in [-0.15, -0.1) is 0 Å². The number of halogens is 4. The van der Waals surface area contributed by atoms with Crippen LogP contribution in [-0.4, -0.2) is 19.9 Å². The minimum absolute atomic E-state index is 0.0676. The molecule has 3 aromatic heterocycles. The van der Waals surface area contributed by atoms with Crippen molar-refractivity contribution in [3.63, 3.8) is 0 Å². The molecule has 0 unspecified atom stereocenters. The molecule has 29 heavy (non-hydrogen) atoms. The number of pyridine rings is 2. The van der Waals surface area contributed by atoms with Crippen molar-refractivity contribution in [2.45, 2.75) is 13.1 Å². The molecule has 0 atom stereocenters. The van der Waals surface area contributed by atoms with Gasteiger partial charge in [0.25, 0.3) is 0 Å². The molecule has 0 bridgehead atoms. The minimum Gasteiger partial charge on any atom is -0.382 e. The Hall–Kier alpha value is -3.62. The van der Waals surface area contributed by atoms with Crippen molar-refractivity contribution in [3.05, 3.63) is 66.0 Å². The van der Waals surface area contributed by atoms with E-state index in [1.165, 1.54) is 49.6 Å². The summed E-state index contributed by atoms with van der Waals surface area (Å²) in [6.45, 7) is 1.47. The first-order chi connectivity index (χ1) is 13.7. The van der Waals surface area contributed by atoms with Gasteiger partial charge >= 0.3 is 6.18 Å². The first-order valence-electron chi connectivity index (χ1n) is 8.46. The standard InChI is InChI=1S/C20H13F4N5/c1-10-8-12(9-14(28-10)20(22,23)24)15-16(11-2-4-13(21)5-3-11)29-19(25)18-17(15)26-6-7-27-18/h2-9H,1H3,(H2,25,29). The molecule has 3 heterocycles. The quantitative estimate of drug-likeness (QED) is 0.490. The molecular weight excluding hydrogens is 386 g/mol. The van der Waals surface area contributed by atoms with Gasteiger partial charge in [-0.25, -0.2) is 19.3 Å². The Balaban J connectivity index is 2.10. The fourth-order valence-corrected chi connectivity index (χ4v) is 3.10. The van der Waals surface area contributed by atoms with Gasteiger partial charge in [-0.3, -0.25) is 4.98 Å². The molecule has 0 aliphatic rings. The summed E-state index contributed by atoms with van der Waals surface area (Å²) in [5.41, 5.74) is 6.98. The molecule has 4 aromatic rings. The van der Waals surface area contributed by atoms with E-state index in [0.29, 0.717) is 11.1 Å². The first kappa shape index (κ1) is 18.7. The maximum atomic E-state index is 13.4. The Morgan fingerprint density at radius 1 is 0.862 bits per heavy atom. The molecule has 0 aliphatic heterocycles. The summed E-state index contributed by atoms with van der Waals surface area (Å²) < 4.78 is 53.4. The van der Waals surface area contributed by atoms with Crippen LogP contribution in [-0.2, 0) is 6.18 Å². The predicted octanol–water partition coefficient (Wildman–Crippen LogP) is 4.80. The number of hydrogen-bond donors (Lipinski definition) is 1. The van der Waals surface area contributed by atoms with Crippen LogP contribution in [0.15, 0.2) is 48.8 Å². The van der Waals surface area contributed by atoms with Gasteiger partial charge in [0.05, 0.1) is 5.69 Å². The third-order valence-electron chi connectivity index (χ3n) is 4.30. The fourth-order valence-electron chi connectivity index (χ4n) is 3.10. The van der Waals surface area contributed by atoms with Gasteiger partial charge in [-0.1, -0.05) is 0 Å². The third kappa shape index (κ3) is 3.46. The Kier molecular flexibility index (Phi) is 4.37. The second-order valence-corrected chi connectivity index (χ2v) is 6.36. The first-order valence-corrected chi connectivity index (χ1v) is 8.46. The number of nitrogens with two attached hydrogens (primary N) is 1. The summed E-state index contributed by atoms with van der Waals surface area (Å²) in [7, 11) is 0. The number of nitrogen functional groups attached to an aromatic ring is 1. The lowest BCUT2D eigenvalue weighted by Gasteiger charge is -2.15. The highest BCUT2D eigenvalue weighted by molar-refractivity contribution is 6.02. The lowest BCUT2D eigenvalue weighted by molar-refractivity contribution is -0.141. The molecule has 146 valence electrons. The Morgan fingerprint density at radius 2 is 1.52 bits per heavy atom. The van der Waals surface area contributed by atoms with Gasteiger partial charge in [0, 0.05) is 29.2 Å². The molecule has 0 saturated heterocycles. The molecule has 0 spiro atoms. The van der Waals surface area contributed by atoms with E-state index < -0.39 is 17.7 Å². The summed E-state index contributed by atoms with van der Waals surface area (Å²) >= 11 is 0. The van der Waals surface area contributed by atoms with Crippen LogP contribution >= 0.6 is 0 Å². The van der Waals surface area contributed by atoms with Crippen LogP contribution in [0, 0.1) is 12.7 Å². The topological polar surface area (TPSA) is 77.6 Å². The second-order valence-electron chi connectivity index (χ2n) is 6.36. The van der Waals surface area contributed by atoms with E-state index in [2.05, 4.69) is 19.9 Å². The number of nitrogens with zero attached hydrogens (tertiary/aromatic N) is 4. The third-order valence-corrected chi connectivity index (χ3v) is 4.30. The van der Waals surface area contributed by atoms with E-state index in [9.17, 15) is 17.6 Å². The number of alkyl halides is 3. The molecule has 0 amide bonds. The summed E-state index contributed by atoms with van der Waals surface area (Å²) in [6, 6.07) is 7.85. The van der Waals surface area contributed by atoms with E-state index in [1.54, 1.807) is 0 Å². The van der Waals surface area contributed by atoms with Crippen molar-refractivity contribution in [3.8, 4) is 22.4 Å². The normalized spacial score (nSPS) is 11.8. The van der Waals surface area contributed by atoms with Gasteiger partial charge in [0.15, 0.2) is 5.82 Å². The van der Waals surface area contributed by atoms with Gasteiger partial charge in [-0.05, 0) is 48.9 Å². The lowest BCUT2D eigenvalue weighted by Crippen LogP contribution is -2.09. The lowest BCUT2D eigenvalue weighted by atomic mass is 9.97. The van der Waals surface area contributed by atoms with E-state index >= 15 is 0 Å². The SMILES string of the molecule is Cc1cc(-c2c(-c3ccc(F)cc3)nc(N)c3nccnc23)cc(C(F)(F)F)n1. The second kappa shape index (κ2) is 6.77. The van der Waals surface area contributed by atoms with E-state index in [0.717, 1.165) is 6.07 Å².